The first kappa shape index (κ1) is 23.6. The van der Waals surface area contributed by atoms with Crippen molar-refractivity contribution < 1.29 is 19.1 Å². The van der Waals surface area contributed by atoms with Crippen molar-refractivity contribution in [3.05, 3.63) is 59.2 Å². The third-order valence-electron chi connectivity index (χ3n) is 4.64. The van der Waals surface area contributed by atoms with Crippen molar-refractivity contribution in [2.75, 3.05) is 32.3 Å². The third kappa shape index (κ3) is 6.69. The van der Waals surface area contributed by atoms with E-state index in [0.29, 0.717) is 30.9 Å². The van der Waals surface area contributed by atoms with E-state index in [1.165, 1.54) is 7.11 Å². The maximum atomic E-state index is 12.7. The highest BCUT2D eigenvalue weighted by Gasteiger charge is 2.22. The highest BCUT2D eigenvalue weighted by atomic mass is 32.2. The molecule has 0 radical (unpaired) electrons. The van der Waals surface area contributed by atoms with Crippen molar-refractivity contribution in [3.8, 4) is 11.5 Å². The van der Waals surface area contributed by atoms with E-state index in [1.807, 2.05) is 38.3 Å². The number of hydrogen-bond donors (Lipinski definition) is 2. The number of ether oxygens (including phenoxy) is 2. The number of rotatable bonds is 11. The number of carbonyl (C=O) groups excluding carboxylic acids is 2. The van der Waals surface area contributed by atoms with Gasteiger partial charge in [-0.2, -0.15) is 11.8 Å². The zero-order chi connectivity index (χ0) is 21.9. The van der Waals surface area contributed by atoms with E-state index in [2.05, 4.69) is 10.6 Å². The number of thioether (sulfide) groups is 1. The highest BCUT2D eigenvalue weighted by molar-refractivity contribution is 7.98. The van der Waals surface area contributed by atoms with Crippen LogP contribution >= 0.6 is 11.8 Å². The van der Waals surface area contributed by atoms with Crippen molar-refractivity contribution in [1.82, 2.24) is 10.6 Å². The number of amides is 2. The van der Waals surface area contributed by atoms with Crippen molar-refractivity contribution in [3.63, 3.8) is 0 Å². The number of hydrogen-bond acceptors (Lipinski definition) is 5. The van der Waals surface area contributed by atoms with Gasteiger partial charge in [-0.05, 0) is 55.5 Å². The fraction of sp³-hybridized carbons (Fsp3) is 0.391. The maximum Gasteiger partial charge on any atom is 0.255 e. The van der Waals surface area contributed by atoms with Gasteiger partial charge in [0.15, 0.2) is 0 Å². The molecule has 0 spiro atoms. The lowest BCUT2D eigenvalue weighted by atomic mass is 10.1. The SMILES string of the molecule is COc1ccccc1C(=O)NC(CCSC)C(=O)NCCOc1c(C)cccc1C. The van der Waals surface area contributed by atoms with Gasteiger partial charge in [0, 0.05) is 0 Å². The number of carbonyl (C=O) groups is 2. The van der Waals surface area contributed by atoms with Gasteiger partial charge in [-0.25, -0.2) is 0 Å². The molecular weight excluding hydrogens is 400 g/mol. The summed E-state index contributed by atoms with van der Waals surface area (Å²) in [4.78, 5) is 25.4. The van der Waals surface area contributed by atoms with Gasteiger partial charge in [0.2, 0.25) is 5.91 Å². The van der Waals surface area contributed by atoms with E-state index < -0.39 is 6.04 Å². The molecule has 7 heteroatoms. The lowest BCUT2D eigenvalue weighted by Crippen LogP contribution is -2.48. The second-order valence-corrected chi connectivity index (χ2v) is 7.85. The van der Waals surface area contributed by atoms with E-state index in [4.69, 9.17) is 9.47 Å². The summed E-state index contributed by atoms with van der Waals surface area (Å²) in [5.74, 6) is 1.51. The third-order valence-corrected chi connectivity index (χ3v) is 5.28. The fourth-order valence-electron chi connectivity index (χ4n) is 3.05. The first-order chi connectivity index (χ1) is 14.5. The van der Waals surface area contributed by atoms with Crippen LogP contribution in [0.1, 0.15) is 27.9 Å². The Hall–Kier alpha value is -2.67. The van der Waals surface area contributed by atoms with E-state index >= 15 is 0 Å². The second kappa shape index (κ2) is 12.1. The molecule has 0 aliphatic heterocycles. The van der Waals surface area contributed by atoms with Gasteiger partial charge in [-0.15, -0.1) is 0 Å². The van der Waals surface area contributed by atoms with Crippen LogP contribution in [0.25, 0.3) is 0 Å². The Labute approximate surface area is 182 Å². The van der Waals surface area contributed by atoms with Gasteiger partial charge < -0.3 is 20.1 Å². The van der Waals surface area contributed by atoms with E-state index in [1.54, 1.807) is 36.0 Å². The topological polar surface area (TPSA) is 76.7 Å². The maximum absolute atomic E-state index is 12.7. The molecule has 2 rings (SSSR count). The summed E-state index contributed by atoms with van der Waals surface area (Å²) in [6.45, 7) is 4.69. The second-order valence-electron chi connectivity index (χ2n) is 6.87. The zero-order valence-electron chi connectivity index (χ0n) is 18.0. The van der Waals surface area contributed by atoms with Gasteiger partial charge in [0.25, 0.3) is 5.91 Å². The van der Waals surface area contributed by atoms with Crippen LogP contribution in [0.2, 0.25) is 0 Å². The molecule has 0 aromatic heterocycles. The van der Waals surface area contributed by atoms with Crippen molar-refractivity contribution in [2.45, 2.75) is 26.3 Å². The summed E-state index contributed by atoms with van der Waals surface area (Å²) >= 11 is 1.63. The molecule has 0 aliphatic carbocycles. The smallest absolute Gasteiger partial charge is 0.255 e. The predicted octanol–water partition coefficient (Wildman–Crippen LogP) is 3.36. The van der Waals surface area contributed by atoms with Crippen LogP contribution in [0.15, 0.2) is 42.5 Å². The van der Waals surface area contributed by atoms with Crippen LogP contribution in [-0.4, -0.2) is 50.1 Å². The molecule has 2 N–H and O–H groups in total. The molecule has 162 valence electrons. The Kier molecular flexibility index (Phi) is 9.54. The predicted molar refractivity (Wildman–Crippen MR) is 122 cm³/mol. The summed E-state index contributed by atoms with van der Waals surface area (Å²) in [5.41, 5.74) is 2.52. The van der Waals surface area contributed by atoms with Gasteiger partial charge in [0.05, 0.1) is 19.2 Å². The number of aryl methyl sites for hydroxylation is 2. The molecule has 2 aromatic carbocycles. The Morgan fingerprint density at radius 3 is 2.43 bits per heavy atom. The van der Waals surface area contributed by atoms with Crippen molar-refractivity contribution in [2.24, 2.45) is 0 Å². The zero-order valence-corrected chi connectivity index (χ0v) is 18.8. The highest BCUT2D eigenvalue weighted by Crippen LogP contribution is 2.22. The molecule has 30 heavy (non-hydrogen) atoms. The Bertz CT molecular complexity index is 837. The molecule has 6 nitrogen and oxygen atoms in total. The van der Waals surface area contributed by atoms with Crippen LogP contribution in [0.4, 0.5) is 0 Å². The summed E-state index contributed by atoms with van der Waals surface area (Å²) in [5, 5.41) is 5.70. The molecule has 0 saturated carbocycles. The largest absolute Gasteiger partial charge is 0.496 e. The van der Waals surface area contributed by atoms with E-state index in [-0.39, 0.29) is 11.8 Å². The minimum atomic E-state index is -0.630. The number of methoxy groups -OCH3 is 1. The Morgan fingerprint density at radius 1 is 1.07 bits per heavy atom. The Morgan fingerprint density at radius 2 is 1.77 bits per heavy atom. The molecule has 2 aromatic rings. The van der Waals surface area contributed by atoms with E-state index in [0.717, 1.165) is 22.6 Å². The number of nitrogens with one attached hydrogen (secondary N) is 2. The molecule has 0 aliphatic rings. The molecule has 0 bridgehead atoms. The average Bonchev–Trinajstić information content (AvgIpc) is 2.75. The van der Waals surface area contributed by atoms with Gasteiger partial charge >= 0.3 is 0 Å². The average molecular weight is 431 g/mol. The molecule has 2 amide bonds. The van der Waals surface area contributed by atoms with Crippen LogP contribution in [0, 0.1) is 13.8 Å². The lowest BCUT2D eigenvalue weighted by Gasteiger charge is -2.19. The molecule has 0 fully saturated rings. The molecular formula is C23H30N2O4S. The van der Waals surface area contributed by atoms with Gasteiger partial charge in [-0.3, -0.25) is 9.59 Å². The monoisotopic (exact) mass is 430 g/mol. The quantitative estimate of drug-likeness (QED) is 0.535. The van der Waals surface area contributed by atoms with Gasteiger partial charge in [0.1, 0.15) is 24.1 Å². The summed E-state index contributed by atoms with van der Waals surface area (Å²) < 4.78 is 11.1. The lowest BCUT2D eigenvalue weighted by molar-refractivity contribution is -0.123. The van der Waals surface area contributed by atoms with Crippen molar-refractivity contribution >= 4 is 23.6 Å². The first-order valence-corrected chi connectivity index (χ1v) is 11.3. The van der Waals surface area contributed by atoms with Crippen molar-refractivity contribution in [1.29, 1.82) is 0 Å². The minimum absolute atomic E-state index is 0.225. The van der Waals surface area contributed by atoms with Crippen LogP contribution in [0.5, 0.6) is 11.5 Å². The van der Waals surface area contributed by atoms with Crippen LogP contribution in [0.3, 0.4) is 0 Å². The fourth-order valence-corrected chi connectivity index (χ4v) is 3.52. The van der Waals surface area contributed by atoms with Crippen LogP contribution < -0.4 is 20.1 Å². The standard InChI is InChI=1S/C23H30N2O4S/c1-16-8-7-9-17(2)21(16)29-14-13-24-23(27)19(12-15-30-4)25-22(26)18-10-5-6-11-20(18)28-3/h5-11,19H,12-15H2,1-4H3,(H,24,27)(H,25,26). The molecule has 0 saturated heterocycles. The number of benzene rings is 2. The minimum Gasteiger partial charge on any atom is -0.496 e. The van der Waals surface area contributed by atoms with Gasteiger partial charge in [-0.1, -0.05) is 30.3 Å². The molecule has 0 heterocycles. The van der Waals surface area contributed by atoms with Crippen LogP contribution in [-0.2, 0) is 4.79 Å². The Balaban J connectivity index is 1.93. The normalized spacial score (nSPS) is 11.5. The molecule has 1 unspecified atom stereocenters. The summed E-state index contributed by atoms with van der Waals surface area (Å²) in [6, 6.07) is 12.3. The molecule has 1 atom stereocenters. The number of para-hydroxylation sites is 2. The summed E-state index contributed by atoms with van der Waals surface area (Å²) in [6.07, 6.45) is 2.50. The first-order valence-electron chi connectivity index (χ1n) is 9.87. The van der Waals surface area contributed by atoms with E-state index in [9.17, 15) is 9.59 Å². The summed E-state index contributed by atoms with van der Waals surface area (Å²) in [7, 11) is 1.51.